The molecule has 0 saturated heterocycles. The summed E-state index contributed by atoms with van der Waals surface area (Å²) >= 11 is 0. The smallest absolute Gasteiger partial charge is 0.338 e. The second-order valence-corrected chi connectivity index (χ2v) is 6.93. The van der Waals surface area contributed by atoms with Crippen LogP contribution in [0.4, 0.5) is 17.1 Å². The molecular weight excluding hydrogens is 430 g/mol. The number of ether oxygens (including phenoxy) is 1. The van der Waals surface area contributed by atoms with Gasteiger partial charge in [0.15, 0.2) is 0 Å². The number of nitro benzene ring substituents is 1. The Morgan fingerprint density at radius 2 is 1.79 bits per heavy atom. The van der Waals surface area contributed by atoms with E-state index in [9.17, 15) is 24.5 Å². The van der Waals surface area contributed by atoms with Crippen LogP contribution in [-0.2, 0) is 9.53 Å². The highest BCUT2D eigenvalue weighted by Crippen LogP contribution is 2.21. The molecule has 11 heteroatoms. The lowest BCUT2D eigenvalue weighted by Crippen LogP contribution is -2.24. The van der Waals surface area contributed by atoms with Crippen molar-refractivity contribution in [3.8, 4) is 0 Å². The number of carbonyl (C=O) groups is 3. The van der Waals surface area contributed by atoms with Gasteiger partial charge in [0, 0.05) is 41.5 Å². The summed E-state index contributed by atoms with van der Waals surface area (Å²) in [5, 5.41) is 20.6. The summed E-state index contributed by atoms with van der Waals surface area (Å²) in [4.78, 5) is 47.7. The van der Waals surface area contributed by atoms with Gasteiger partial charge >= 0.3 is 5.97 Å². The molecule has 11 nitrogen and oxygen atoms in total. The summed E-state index contributed by atoms with van der Waals surface area (Å²) in [5.41, 5.74) is 0.162. The minimum atomic E-state index is -0.772. The molecule has 0 aliphatic rings. The third kappa shape index (κ3) is 5.79. The van der Waals surface area contributed by atoms with E-state index in [0.29, 0.717) is 11.4 Å². The number of non-ortho nitro benzene ring substituents is 1. The number of amides is 2. The van der Waals surface area contributed by atoms with Gasteiger partial charge in [0.25, 0.3) is 11.6 Å². The fourth-order valence-corrected chi connectivity index (χ4v) is 2.93. The zero-order valence-corrected chi connectivity index (χ0v) is 17.8. The van der Waals surface area contributed by atoms with E-state index < -0.39 is 28.5 Å². The topological polar surface area (TPSA) is 145 Å². The van der Waals surface area contributed by atoms with Gasteiger partial charge in [-0.1, -0.05) is 6.07 Å². The molecule has 170 valence electrons. The van der Waals surface area contributed by atoms with Gasteiger partial charge in [-0.25, -0.2) is 4.79 Å². The van der Waals surface area contributed by atoms with E-state index in [-0.39, 0.29) is 23.6 Å². The number of hydrogen-bond donors (Lipinski definition) is 2. The minimum absolute atomic E-state index is 0.0839. The Bertz CT molecular complexity index is 1190. The zero-order chi connectivity index (χ0) is 24.0. The maximum atomic E-state index is 12.7. The summed E-state index contributed by atoms with van der Waals surface area (Å²) in [7, 11) is 0. The van der Waals surface area contributed by atoms with E-state index in [0.717, 1.165) is 12.1 Å². The molecule has 2 amide bonds. The van der Waals surface area contributed by atoms with Gasteiger partial charge in [-0.15, -0.1) is 0 Å². The van der Waals surface area contributed by atoms with Gasteiger partial charge in [0.2, 0.25) is 5.91 Å². The Balaban J connectivity index is 1.77. The van der Waals surface area contributed by atoms with E-state index in [1.165, 1.54) is 16.8 Å². The molecule has 2 aromatic carbocycles. The quantitative estimate of drug-likeness (QED) is 0.303. The van der Waals surface area contributed by atoms with Gasteiger partial charge in [-0.2, -0.15) is 5.10 Å². The third-order valence-electron chi connectivity index (χ3n) is 4.59. The number of hydrogen-bond acceptors (Lipinski definition) is 7. The van der Waals surface area contributed by atoms with Crippen molar-refractivity contribution in [2.45, 2.75) is 19.9 Å². The first-order valence-corrected chi connectivity index (χ1v) is 9.96. The highest BCUT2D eigenvalue weighted by molar-refractivity contribution is 6.06. The van der Waals surface area contributed by atoms with Crippen LogP contribution >= 0.6 is 0 Å². The third-order valence-corrected chi connectivity index (χ3v) is 4.59. The lowest BCUT2D eigenvalue weighted by Gasteiger charge is -2.13. The minimum Gasteiger partial charge on any atom is -0.462 e. The highest BCUT2D eigenvalue weighted by Gasteiger charge is 2.19. The van der Waals surface area contributed by atoms with Crippen molar-refractivity contribution >= 4 is 34.8 Å². The molecule has 0 spiro atoms. The van der Waals surface area contributed by atoms with E-state index in [1.54, 1.807) is 50.5 Å². The van der Waals surface area contributed by atoms with E-state index >= 15 is 0 Å². The summed E-state index contributed by atoms with van der Waals surface area (Å²) in [6, 6.07) is 10.9. The molecule has 2 N–H and O–H groups in total. The van der Waals surface area contributed by atoms with Crippen molar-refractivity contribution in [3.63, 3.8) is 0 Å². The van der Waals surface area contributed by atoms with Crippen molar-refractivity contribution in [2.24, 2.45) is 0 Å². The maximum absolute atomic E-state index is 12.7. The van der Waals surface area contributed by atoms with Gasteiger partial charge in [0.05, 0.1) is 17.1 Å². The van der Waals surface area contributed by atoms with E-state index in [2.05, 4.69) is 15.7 Å². The Hall–Kier alpha value is -4.54. The van der Waals surface area contributed by atoms with Crippen LogP contribution in [0, 0.1) is 10.1 Å². The number of nitrogens with one attached hydrogen (secondary N) is 2. The van der Waals surface area contributed by atoms with Crippen LogP contribution in [0.2, 0.25) is 0 Å². The highest BCUT2D eigenvalue weighted by atomic mass is 16.6. The first-order chi connectivity index (χ1) is 15.8. The van der Waals surface area contributed by atoms with E-state index in [1.807, 2.05) is 0 Å². The van der Waals surface area contributed by atoms with Crippen LogP contribution in [0.3, 0.4) is 0 Å². The van der Waals surface area contributed by atoms with Crippen LogP contribution in [0.5, 0.6) is 0 Å². The standard InChI is InChI=1S/C22H21N5O6/c1-3-33-22(30)16-10-15(11-19(12-16)27(31)32)21(29)25-18-7-4-6-17(13-18)24-20(28)14(2)26-9-5-8-23-26/h4-14H,3H2,1-2H3,(H,24,28)(H,25,29). The SMILES string of the molecule is CCOC(=O)c1cc(C(=O)Nc2cccc(NC(=O)C(C)n3cccn3)c2)cc([N+](=O)[O-])c1. The first kappa shape index (κ1) is 23.1. The van der Waals surface area contributed by atoms with Crippen molar-refractivity contribution in [1.82, 2.24) is 9.78 Å². The second-order valence-electron chi connectivity index (χ2n) is 6.93. The molecule has 3 aromatic rings. The number of aromatic nitrogens is 2. The first-order valence-electron chi connectivity index (χ1n) is 9.96. The van der Waals surface area contributed by atoms with Crippen LogP contribution in [-0.4, -0.2) is 39.1 Å². The van der Waals surface area contributed by atoms with Gasteiger partial charge in [-0.3, -0.25) is 24.4 Å². The molecule has 0 fully saturated rings. The number of carbonyl (C=O) groups excluding carboxylic acids is 3. The molecular formula is C22H21N5O6. The molecule has 0 radical (unpaired) electrons. The molecule has 0 aliphatic carbocycles. The van der Waals surface area contributed by atoms with Crippen molar-refractivity contribution in [2.75, 3.05) is 17.2 Å². The summed E-state index contributed by atoms with van der Waals surface area (Å²) in [5.74, 6) is -1.75. The van der Waals surface area contributed by atoms with Gasteiger partial charge < -0.3 is 15.4 Å². The van der Waals surface area contributed by atoms with E-state index in [4.69, 9.17) is 4.74 Å². The van der Waals surface area contributed by atoms with Crippen molar-refractivity contribution < 1.29 is 24.0 Å². The average Bonchev–Trinajstić information content (AvgIpc) is 3.33. The Morgan fingerprint density at radius 3 is 2.42 bits per heavy atom. The number of anilines is 2. The zero-order valence-electron chi connectivity index (χ0n) is 17.8. The molecule has 33 heavy (non-hydrogen) atoms. The number of nitro groups is 1. The predicted molar refractivity (Wildman–Crippen MR) is 119 cm³/mol. The molecule has 1 aromatic heterocycles. The number of esters is 1. The fourth-order valence-electron chi connectivity index (χ4n) is 2.93. The average molecular weight is 451 g/mol. The molecule has 0 saturated carbocycles. The molecule has 1 unspecified atom stereocenters. The Morgan fingerprint density at radius 1 is 1.09 bits per heavy atom. The maximum Gasteiger partial charge on any atom is 0.338 e. The molecule has 1 atom stereocenters. The van der Waals surface area contributed by atoms with Gasteiger partial charge in [0.1, 0.15) is 6.04 Å². The normalized spacial score (nSPS) is 11.3. The second kappa shape index (κ2) is 10.2. The van der Waals surface area contributed by atoms with Gasteiger partial charge in [-0.05, 0) is 44.2 Å². The number of nitrogens with zero attached hydrogens (tertiary/aromatic N) is 3. The monoisotopic (exact) mass is 451 g/mol. The van der Waals surface area contributed by atoms with Crippen LogP contribution in [0.25, 0.3) is 0 Å². The molecule has 0 bridgehead atoms. The number of rotatable bonds is 8. The number of benzene rings is 2. The van der Waals surface area contributed by atoms with Crippen LogP contribution < -0.4 is 10.6 Å². The fraction of sp³-hybridized carbons (Fsp3) is 0.182. The van der Waals surface area contributed by atoms with Crippen LogP contribution in [0.15, 0.2) is 60.9 Å². The Labute approximate surface area is 188 Å². The largest absolute Gasteiger partial charge is 0.462 e. The summed E-state index contributed by atoms with van der Waals surface area (Å²) in [6.07, 6.45) is 3.24. The van der Waals surface area contributed by atoms with Crippen molar-refractivity contribution in [1.29, 1.82) is 0 Å². The predicted octanol–water partition coefficient (Wildman–Crippen LogP) is 3.42. The lowest BCUT2D eigenvalue weighted by atomic mass is 10.1. The Kier molecular flexibility index (Phi) is 7.13. The lowest BCUT2D eigenvalue weighted by molar-refractivity contribution is -0.384. The molecule has 0 aliphatic heterocycles. The van der Waals surface area contributed by atoms with Crippen molar-refractivity contribution in [3.05, 3.63) is 82.2 Å². The summed E-state index contributed by atoms with van der Waals surface area (Å²) < 4.78 is 6.38. The van der Waals surface area contributed by atoms with Crippen LogP contribution in [0.1, 0.15) is 40.6 Å². The molecule has 3 rings (SSSR count). The molecule has 1 heterocycles. The summed E-state index contributed by atoms with van der Waals surface area (Å²) in [6.45, 7) is 3.38.